The second-order valence-corrected chi connectivity index (χ2v) is 5.48. The SMILES string of the molecule is CSCC[C@H](NC(=O)c1ccc(N)c(C)c1)C(C)=O. The molecule has 1 rings (SSSR count). The van der Waals surface area contributed by atoms with E-state index in [1.807, 2.05) is 13.2 Å². The number of thioether (sulfide) groups is 1. The van der Waals surface area contributed by atoms with Crippen molar-refractivity contribution in [2.45, 2.75) is 26.3 Å². The van der Waals surface area contributed by atoms with Crippen molar-refractivity contribution in [1.82, 2.24) is 5.32 Å². The molecule has 1 aromatic rings. The molecule has 0 saturated heterocycles. The van der Waals surface area contributed by atoms with Crippen LogP contribution in [0.15, 0.2) is 18.2 Å². The van der Waals surface area contributed by atoms with Gasteiger partial charge in [0.05, 0.1) is 6.04 Å². The van der Waals surface area contributed by atoms with E-state index in [9.17, 15) is 9.59 Å². The summed E-state index contributed by atoms with van der Waals surface area (Å²) < 4.78 is 0. The Labute approximate surface area is 118 Å². The van der Waals surface area contributed by atoms with Gasteiger partial charge in [0.2, 0.25) is 0 Å². The lowest BCUT2D eigenvalue weighted by Gasteiger charge is -2.15. The molecule has 104 valence electrons. The van der Waals surface area contributed by atoms with Gasteiger partial charge in [0.1, 0.15) is 0 Å². The van der Waals surface area contributed by atoms with E-state index in [1.165, 1.54) is 6.92 Å². The van der Waals surface area contributed by atoms with Crippen molar-refractivity contribution < 1.29 is 9.59 Å². The van der Waals surface area contributed by atoms with Gasteiger partial charge in [-0.2, -0.15) is 11.8 Å². The number of Topliss-reactive ketones (excluding diaryl/α,β-unsaturated/α-hetero) is 1. The molecule has 5 heteroatoms. The van der Waals surface area contributed by atoms with Crippen molar-refractivity contribution in [1.29, 1.82) is 0 Å². The van der Waals surface area contributed by atoms with E-state index >= 15 is 0 Å². The van der Waals surface area contributed by atoms with Crippen molar-refractivity contribution in [2.75, 3.05) is 17.7 Å². The molecule has 0 bridgehead atoms. The highest BCUT2D eigenvalue weighted by Gasteiger charge is 2.17. The average Bonchev–Trinajstić information content (AvgIpc) is 2.37. The Morgan fingerprint density at radius 1 is 1.42 bits per heavy atom. The van der Waals surface area contributed by atoms with Gasteiger partial charge in [0.25, 0.3) is 5.91 Å². The van der Waals surface area contributed by atoms with Crippen LogP contribution in [-0.2, 0) is 4.79 Å². The van der Waals surface area contributed by atoms with Crippen LogP contribution in [0.3, 0.4) is 0 Å². The molecular weight excluding hydrogens is 260 g/mol. The molecule has 0 fully saturated rings. The third kappa shape index (κ3) is 4.59. The first-order chi connectivity index (χ1) is 8.95. The van der Waals surface area contributed by atoms with Crippen LogP contribution in [0.1, 0.15) is 29.3 Å². The minimum atomic E-state index is -0.419. The van der Waals surface area contributed by atoms with Crippen molar-refractivity contribution in [3.63, 3.8) is 0 Å². The zero-order chi connectivity index (χ0) is 14.4. The van der Waals surface area contributed by atoms with E-state index in [0.717, 1.165) is 11.3 Å². The highest BCUT2D eigenvalue weighted by atomic mass is 32.2. The molecule has 1 amide bonds. The van der Waals surface area contributed by atoms with Gasteiger partial charge in [-0.05, 0) is 56.0 Å². The molecule has 0 spiro atoms. The Hall–Kier alpha value is -1.49. The number of hydrogen-bond acceptors (Lipinski definition) is 4. The molecule has 19 heavy (non-hydrogen) atoms. The lowest BCUT2D eigenvalue weighted by molar-refractivity contribution is -0.118. The van der Waals surface area contributed by atoms with Crippen LogP contribution < -0.4 is 11.1 Å². The summed E-state index contributed by atoms with van der Waals surface area (Å²) in [5, 5.41) is 2.77. The molecule has 0 heterocycles. The maximum absolute atomic E-state index is 12.1. The second kappa shape index (κ2) is 7.19. The highest BCUT2D eigenvalue weighted by Crippen LogP contribution is 2.13. The number of amides is 1. The fourth-order valence-electron chi connectivity index (χ4n) is 1.67. The van der Waals surface area contributed by atoms with E-state index in [1.54, 1.807) is 30.0 Å². The quantitative estimate of drug-likeness (QED) is 0.782. The predicted octanol–water partition coefficient (Wildman–Crippen LogP) is 2.02. The number of nitrogen functional groups attached to an aromatic ring is 1. The standard InChI is InChI=1S/C14H20N2O2S/c1-9-8-11(4-5-12(9)15)14(18)16-13(10(2)17)6-7-19-3/h4-5,8,13H,6-7,15H2,1-3H3,(H,16,18)/t13-/m0/s1. The number of carbonyl (C=O) groups excluding carboxylic acids is 2. The number of nitrogens with one attached hydrogen (secondary N) is 1. The fraction of sp³-hybridized carbons (Fsp3) is 0.429. The van der Waals surface area contributed by atoms with E-state index < -0.39 is 6.04 Å². The largest absolute Gasteiger partial charge is 0.399 e. The first kappa shape index (κ1) is 15.6. The van der Waals surface area contributed by atoms with E-state index in [-0.39, 0.29) is 11.7 Å². The summed E-state index contributed by atoms with van der Waals surface area (Å²) in [6.07, 6.45) is 2.62. The average molecular weight is 280 g/mol. The molecule has 0 aliphatic rings. The van der Waals surface area contributed by atoms with Crippen LogP contribution in [0.4, 0.5) is 5.69 Å². The Bertz CT molecular complexity index is 475. The van der Waals surface area contributed by atoms with Crippen LogP contribution in [0.2, 0.25) is 0 Å². The Morgan fingerprint density at radius 3 is 2.63 bits per heavy atom. The summed E-state index contributed by atoms with van der Waals surface area (Å²) in [5.74, 6) is 0.588. The summed E-state index contributed by atoms with van der Waals surface area (Å²) in [5.41, 5.74) is 7.76. The van der Waals surface area contributed by atoms with E-state index in [0.29, 0.717) is 17.7 Å². The maximum Gasteiger partial charge on any atom is 0.251 e. The lowest BCUT2D eigenvalue weighted by Crippen LogP contribution is -2.40. The van der Waals surface area contributed by atoms with E-state index in [4.69, 9.17) is 5.73 Å². The third-order valence-corrected chi connectivity index (χ3v) is 3.58. The molecule has 1 atom stereocenters. The zero-order valence-corrected chi connectivity index (χ0v) is 12.3. The van der Waals surface area contributed by atoms with Gasteiger partial charge in [0, 0.05) is 11.3 Å². The molecule has 3 N–H and O–H groups in total. The fourth-order valence-corrected chi connectivity index (χ4v) is 2.14. The molecule has 0 radical (unpaired) electrons. The molecule has 0 aliphatic heterocycles. The van der Waals surface area contributed by atoms with Crippen LogP contribution in [-0.4, -0.2) is 29.7 Å². The monoisotopic (exact) mass is 280 g/mol. The topological polar surface area (TPSA) is 72.2 Å². The number of nitrogens with two attached hydrogens (primary N) is 1. The van der Waals surface area contributed by atoms with Gasteiger partial charge in [0.15, 0.2) is 5.78 Å². The van der Waals surface area contributed by atoms with Crippen molar-refractivity contribution in [3.05, 3.63) is 29.3 Å². The maximum atomic E-state index is 12.1. The Balaban J connectivity index is 2.75. The van der Waals surface area contributed by atoms with Gasteiger partial charge in [-0.25, -0.2) is 0 Å². The number of benzene rings is 1. The molecule has 4 nitrogen and oxygen atoms in total. The third-order valence-electron chi connectivity index (χ3n) is 2.94. The van der Waals surface area contributed by atoms with Crippen molar-refractivity contribution >= 4 is 29.1 Å². The summed E-state index contributed by atoms with van der Waals surface area (Å²) in [7, 11) is 0. The lowest BCUT2D eigenvalue weighted by atomic mass is 10.1. The normalized spacial score (nSPS) is 11.9. The van der Waals surface area contributed by atoms with Crippen LogP contribution in [0.5, 0.6) is 0 Å². The summed E-state index contributed by atoms with van der Waals surface area (Å²) >= 11 is 1.65. The molecule has 1 aromatic carbocycles. The highest BCUT2D eigenvalue weighted by molar-refractivity contribution is 7.98. The van der Waals surface area contributed by atoms with Gasteiger partial charge in [-0.3, -0.25) is 9.59 Å². The van der Waals surface area contributed by atoms with Crippen molar-refractivity contribution in [2.24, 2.45) is 0 Å². The van der Waals surface area contributed by atoms with Crippen LogP contribution in [0, 0.1) is 6.92 Å². The molecule has 0 unspecified atom stereocenters. The minimum absolute atomic E-state index is 0.0189. The number of hydrogen-bond donors (Lipinski definition) is 2. The smallest absolute Gasteiger partial charge is 0.251 e. The minimum Gasteiger partial charge on any atom is -0.399 e. The predicted molar refractivity (Wildman–Crippen MR) is 80.5 cm³/mol. The van der Waals surface area contributed by atoms with Gasteiger partial charge in [-0.1, -0.05) is 0 Å². The number of anilines is 1. The number of ketones is 1. The van der Waals surface area contributed by atoms with Crippen LogP contribution in [0.25, 0.3) is 0 Å². The number of aryl methyl sites for hydroxylation is 1. The van der Waals surface area contributed by atoms with Crippen molar-refractivity contribution in [3.8, 4) is 0 Å². The van der Waals surface area contributed by atoms with Crippen LogP contribution >= 0.6 is 11.8 Å². The second-order valence-electron chi connectivity index (χ2n) is 4.49. The first-order valence-corrected chi connectivity index (χ1v) is 7.51. The summed E-state index contributed by atoms with van der Waals surface area (Å²) in [6, 6.07) is 4.69. The zero-order valence-electron chi connectivity index (χ0n) is 11.5. The number of rotatable bonds is 6. The molecule has 0 aromatic heterocycles. The first-order valence-electron chi connectivity index (χ1n) is 6.12. The van der Waals surface area contributed by atoms with Gasteiger partial charge in [-0.15, -0.1) is 0 Å². The molecular formula is C14H20N2O2S. The Morgan fingerprint density at radius 2 is 2.11 bits per heavy atom. The summed E-state index contributed by atoms with van der Waals surface area (Å²) in [4.78, 5) is 23.6. The van der Waals surface area contributed by atoms with Gasteiger partial charge < -0.3 is 11.1 Å². The summed E-state index contributed by atoms with van der Waals surface area (Å²) in [6.45, 7) is 3.35. The van der Waals surface area contributed by atoms with E-state index in [2.05, 4.69) is 5.32 Å². The molecule has 0 aliphatic carbocycles. The number of carbonyl (C=O) groups is 2. The Kier molecular flexibility index (Phi) is 5.89. The van der Waals surface area contributed by atoms with Gasteiger partial charge >= 0.3 is 0 Å². The molecule has 0 saturated carbocycles.